The molecule has 0 saturated carbocycles. The third-order valence-electron chi connectivity index (χ3n) is 5.03. The number of piperazine rings is 1. The fourth-order valence-electron chi connectivity index (χ4n) is 3.47. The first kappa shape index (κ1) is 18.5. The second kappa shape index (κ2) is 7.85. The molecule has 0 radical (unpaired) electrons. The lowest BCUT2D eigenvalue weighted by molar-refractivity contribution is -0.137. The molecule has 2 rings (SSSR count). The standard InChI is InChI=1S/C17H30N4O3/c1-5-18(6-2)17(24)20-9-7-19(8-10-20)16(23)14-11-15(22)21(12-14)13(3)4/h13-14H,5-12H2,1-4H3. The Kier molecular flexibility index (Phi) is 6.07. The first-order valence-electron chi connectivity index (χ1n) is 9.01. The van der Waals surface area contributed by atoms with E-state index in [2.05, 4.69) is 0 Å². The highest BCUT2D eigenvalue weighted by atomic mass is 16.2. The molecule has 24 heavy (non-hydrogen) atoms. The van der Waals surface area contributed by atoms with Crippen molar-refractivity contribution < 1.29 is 14.4 Å². The molecule has 2 aliphatic rings. The number of carbonyl (C=O) groups is 3. The lowest BCUT2D eigenvalue weighted by Gasteiger charge is -2.38. The van der Waals surface area contributed by atoms with Crippen molar-refractivity contribution in [2.75, 3.05) is 45.8 Å². The van der Waals surface area contributed by atoms with E-state index < -0.39 is 0 Å². The third-order valence-corrected chi connectivity index (χ3v) is 5.03. The zero-order chi connectivity index (χ0) is 17.9. The van der Waals surface area contributed by atoms with Crippen molar-refractivity contribution in [2.45, 2.75) is 40.2 Å². The number of hydrogen-bond acceptors (Lipinski definition) is 3. The number of likely N-dealkylation sites (tertiary alicyclic amines) is 1. The first-order chi connectivity index (χ1) is 11.4. The van der Waals surface area contributed by atoms with E-state index in [0.717, 1.165) is 0 Å². The summed E-state index contributed by atoms with van der Waals surface area (Å²) in [5.74, 6) is -0.106. The maximum absolute atomic E-state index is 12.7. The van der Waals surface area contributed by atoms with Crippen LogP contribution in [-0.2, 0) is 9.59 Å². The minimum Gasteiger partial charge on any atom is -0.339 e. The predicted molar refractivity (Wildman–Crippen MR) is 91.4 cm³/mol. The molecule has 136 valence electrons. The molecule has 4 amide bonds. The van der Waals surface area contributed by atoms with E-state index in [1.807, 2.05) is 37.5 Å². The van der Waals surface area contributed by atoms with Crippen molar-refractivity contribution in [3.8, 4) is 0 Å². The van der Waals surface area contributed by atoms with Crippen LogP contribution in [0.15, 0.2) is 0 Å². The predicted octanol–water partition coefficient (Wildman–Crippen LogP) is 0.849. The maximum atomic E-state index is 12.7. The zero-order valence-electron chi connectivity index (χ0n) is 15.3. The Morgan fingerprint density at radius 3 is 2.08 bits per heavy atom. The highest BCUT2D eigenvalue weighted by Gasteiger charge is 2.38. The van der Waals surface area contributed by atoms with E-state index in [9.17, 15) is 14.4 Å². The Morgan fingerprint density at radius 2 is 1.62 bits per heavy atom. The van der Waals surface area contributed by atoms with E-state index in [1.165, 1.54) is 0 Å². The van der Waals surface area contributed by atoms with Crippen LogP contribution in [0.2, 0.25) is 0 Å². The van der Waals surface area contributed by atoms with E-state index in [-0.39, 0.29) is 29.8 Å². The third kappa shape index (κ3) is 3.82. The number of carbonyl (C=O) groups excluding carboxylic acids is 3. The van der Waals surface area contributed by atoms with Crippen LogP contribution < -0.4 is 0 Å². The number of nitrogens with zero attached hydrogens (tertiary/aromatic N) is 4. The van der Waals surface area contributed by atoms with Gasteiger partial charge >= 0.3 is 6.03 Å². The molecule has 2 aliphatic heterocycles. The number of rotatable bonds is 4. The fraction of sp³-hybridized carbons (Fsp3) is 0.824. The molecule has 0 N–H and O–H groups in total. The van der Waals surface area contributed by atoms with Gasteiger partial charge in [-0.05, 0) is 27.7 Å². The topological polar surface area (TPSA) is 64.2 Å². The average molecular weight is 338 g/mol. The molecule has 0 aromatic rings. The lowest BCUT2D eigenvalue weighted by Crippen LogP contribution is -2.55. The van der Waals surface area contributed by atoms with Crippen LogP contribution in [-0.4, -0.2) is 89.3 Å². The Morgan fingerprint density at radius 1 is 1.08 bits per heavy atom. The van der Waals surface area contributed by atoms with Crippen LogP contribution in [0.1, 0.15) is 34.1 Å². The Labute approximate surface area is 144 Å². The Hall–Kier alpha value is -1.79. The SMILES string of the molecule is CCN(CC)C(=O)N1CCN(C(=O)C2CC(=O)N(C(C)C)C2)CC1. The quantitative estimate of drug-likeness (QED) is 0.763. The van der Waals surface area contributed by atoms with Crippen molar-refractivity contribution in [3.05, 3.63) is 0 Å². The van der Waals surface area contributed by atoms with Gasteiger partial charge in [0, 0.05) is 58.3 Å². The summed E-state index contributed by atoms with van der Waals surface area (Å²) in [7, 11) is 0. The number of amides is 4. The van der Waals surface area contributed by atoms with Crippen LogP contribution in [0, 0.1) is 5.92 Å². The molecule has 7 nitrogen and oxygen atoms in total. The summed E-state index contributed by atoms with van der Waals surface area (Å²) < 4.78 is 0. The summed E-state index contributed by atoms with van der Waals surface area (Å²) in [4.78, 5) is 44.2. The molecule has 1 atom stereocenters. The van der Waals surface area contributed by atoms with Gasteiger partial charge in [-0.1, -0.05) is 0 Å². The smallest absolute Gasteiger partial charge is 0.320 e. The monoisotopic (exact) mass is 338 g/mol. The molecular weight excluding hydrogens is 308 g/mol. The highest BCUT2D eigenvalue weighted by molar-refractivity contribution is 5.89. The van der Waals surface area contributed by atoms with Crippen LogP contribution in [0.5, 0.6) is 0 Å². The molecule has 2 heterocycles. The van der Waals surface area contributed by atoms with Crippen LogP contribution in [0.25, 0.3) is 0 Å². The lowest BCUT2D eigenvalue weighted by atomic mass is 10.1. The van der Waals surface area contributed by atoms with Crippen molar-refractivity contribution in [1.29, 1.82) is 0 Å². The van der Waals surface area contributed by atoms with Crippen molar-refractivity contribution in [3.63, 3.8) is 0 Å². The Balaban J connectivity index is 1.87. The van der Waals surface area contributed by atoms with Gasteiger partial charge in [-0.2, -0.15) is 0 Å². The van der Waals surface area contributed by atoms with Gasteiger partial charge in [0.2, 0.25) is 11.8 Å². The number of urea groups is 1. The summed E-state index contributed by atoms with van der Waals surface area (Å²) in [6.07, 6.45) is 0.315. The molecule has 7 heteroatoms. The highest BCUT2D eigenvalue weighted by Crippen LogP contribution is 2.22. The molecule has 0 bridgehead atoms. The Bertz CT molecular complexity index is 482. The average Bonchev–Trinajstić information content (AvgIpc) is 2.97. The molecule has 1 unspecified atom stereocenters. The van der Waals surface area contributed by atoms with Gasteiger partial charge in [-0.3, -0.25) is 9.59 Å². The van der Waals surface area contributed by atoms with Gasteiger partial charge in [0.1, 0.15) is 0 Å². The number of hydrogen-bond donors (Lipinski definition) is 0. The summed E-state index contributed by atoms with van der Waals surface area (Å²) in [5, 5.41) is 0. The molecule has 0 aromatic carbocycles. The van der Waals surface area contributed by atoms with Crippen LogP contribution in [0.3, 0.4) is 0 Å². The molecule has 0 aliphatic carbocycles. The van der Waals surface area contributed by atoms with Gasteiger partial charge in [0.25, 0.3) is 0 Å². The normalized spacial score (nSPS) is 21.6. The summed E-state index contributed by atoms with van der Waals surface area (Å²) >= 11 is 0. The molecular formula is C17H30N4O3. The van der Waals surface area contributed by atoms with Crippen molar-refractivity contribution >= 4 is 17.8 Å². The first-order valence-corrected chi connectivity index (χ1v) is 9.01. The minimum absolute atomic E-state index is 0.0501. The van der Waals surface area contributed by atoms with Gasteiger partial charge in [-0.25, -0.2) is 4.79 Å². The van der Waals surface area contributed by atoms with Crippen molar-refractivity contribution in [1.82, 2.24) is 19.6 Å². The second-order valence-electron chi connectivity index (χ2n) is 6.81. The van der Waals surface area contributed by atoms with E-state index in [0.29, 0.717) is 52.2 Å². The van der Waals surface area contributed by atoms with E-state index >= 15 is 0 Å². The minimum atomic E-state index is -0.232. The maximum Gasteiger partial charge on any atom is 0.320 e. The van der Waals surface area contributed by atoms with Gasteiger partial charge in [0.05, 0.1) is 5.92 Å². The van der Waals surface area contributed by atoms with Gasteiger partial charge in [-0.15, -0.1) is 0 Å². The molecule has 0 spiro atoms. The van der Waals surface area contributed by atoms with Crippen LogP contribution in [0.4, 0.5) is 4.79 Å². The summed E-state index contributed by atoms with van der Waals surface area (Å²) in [6, 6.07) is 0.188. The van der Waals surface area contributed by atoms with Crippen LogP contribution >= 0.6 is 0 Å². The van der Waals surface area contributed by atoms with Gasteiger partial charge < -0.3 is 19.6 Å². The van der Waals surface area contributed by atoms with E-state index in [1.54, 1.807) is 9.80 Å². The molecule has 0 aromatic heterocycles. The summed E-state index contributed by atoms with van der Waals surface area (Å²) in [5.41, 5.74) is 0. The fourth-order valence-corrected chi connectivity index (χ4v) is 3.47. The summed E-state index contributed by atoms with van der Waals surface area (Å²) in [6.45, 7) is 12.0. The molecule has 2 fully saturated rings. The van der Waals surface area contributed by atoms with Gasteiger partial charge in [0.15, 0.2) is 0 Å². The second-order valence-corrected chi connectivity index (χ2v) is 6.81. The van der Waals surface area contributed by atoms with Crippen molar-refractivity contribution in [2.24, 2.45) is 5.92 Å². The zero-order valence-corrected chi connectivity index (χ0v) is 15.3. The van der Waals surface area contributed by atoms with E-state index in [4.69, 9.17) is 0 Å². The molecule has 2 saturated heterocycles. The largest absolute Gasteiger partial charge is 0.339 e.